The minimum atomic E-state index is -0.132. The van der Waals surface area contributed by atoms with Crippen LogP contribution in [0.4, 0.5) is 4.39 Å². The minimum Gasteiger partial charge on any atom is -0.340 e. The summed E-state index contributed by atoms with van der Waals surface area (Å²) in [6.45, 7) is 3.87. The van der Waals surface area contributed by atoms with E-state index < -0.39 is 0 Å². The van der Waals surface area contributed by atoms with Crippen molar-refractivity contribution in [1.82, 2.24) is 9.47 Å². The highest BCUT2D eigenvalue weighted by Crippen LogP contribution is 2.28. The van der Waals surface area contributed by atoms with Crippen molar-refractivity contribution in [1.29, 1.82) is 0 Å². The van der Waals surface area contributed by atoms with Crippen molar-refractivity contribution in [2.24, 2.45) is 0 Å². The summed E-state index contributed by atoms with van der Waals surface area (Å²) in [5.74, 6) is -0.132. The molecule has 1 aromatic heterocycles. The molecule has 0 radical (unpaired) electrons. The molecule has 2 nitrogen and oxygen atoms in total. The number of aryl methyl sites for hydroxylation is 1. The zero-order chi connectivity index (χ0) is 17.8. The van der Waals surface area contributed by atoms with Crippen LogP contribution in [0.3, 0.4) is 0 Å². The molecule has 0 atom stereocenters. The van der Waals surface area contributed by atoms with E-state index in [9.17, 15) is 4.39 Å². The van der Waals surface area contributed by atoms with E-state index in [1.807, 2.05) is 12.1 Å². The smallest absolute Gasteiger partial charge is 0.128 e. The normalized spacial score (nSPS) is 11.6. The number of nitrogens with zero attached hydrogens (tertiary/aromatic N) is 2. The van der Waals surface area contributed by atoms with Gasteiger partial charge in [-0.1, -0.05) is 36.4 Å². The maximum absolute atomic E-state index is 14.1. The van der Waals surface area contributed by atoms with Gasteiger partial charge < -0.3 is 9.47 Å². The van der Waals surface area contributed by atoms with Crippen LogP contribution in [-0.2, 0) is 13.0 Å². The van der Waals surface area contributed by atoms with Gasteiger partial charge in [-0.15, -0.1) is 0 Å². The van der Waals surface area contributed by atoms with Crippen molar-refractivity contribution in [2.45, 2.75) is 32.7 Å². The highest BCUT2D eigenvalue weighted by atomic mass is 19.1. The van der Waals surface area contributed by atoms with Crippen molar-refractivity contribution in [3.8, 4) is 0 Å². The van der Waals surface area contributed by atoms with E-state index in [1.165, 1.54) is 35.0 Å². The zero-order valence-electron chi connectivity index (χ0n) is 15.4. The lowest BCUT2D eigenvalue weighted by Gasteiger charge is -2.11. The Morgan fingerprint density at radius 2 is 1.68 bits per heavy atom. The lowest BCUT2D eigenvalue weighted by molar-refractivity contribution is 0.394. The third kappa shape index (κ3) is 3.93. The second kappa shape index (κ2) is 7.83. The number of aromatic nitrogens is 1. The summed E-state index contributed by atoms with van der Waals surface area (Å²) in [5.41, 5.74) is 4.61. The first-order valence-corrected chi connectivity index (χ1v) is 9.02. The van der Waals surface area contributed by atoms with Crippen molar-refractivity contribution in [3.63, 3.8) is 0 Å². The summed E-state index contributed by atoms with van der Waals surface area (Å²) >= 11 is 0. The van der Waals surface area contributed by atoms with Gasteiger partial charge in [0.15, 0.2) is 0 Å². The molecular formula is C22H27FN2. The molecule has 0 aliphatic rings. The summed E-state index contributed by atoms with van der Waals surface area (Å²) in [6.07, 6.45) is 3.44. The molecule has 25 heavy (non-hydrogen) atoms. The molecule has 0 saturated carbocycles. The molecular weight excluding hydrogens is 311 g/mol. The third-order valence-electron chi connectivity index (χ3n) is 4.93. The Morgan fingerprint density at radius 3 is 2.44 bits per heavy atom. The van der Waals surface area contributed by atoms with Gasteiger partial charge in [-0.05, 0) is 64.5 Å². The molecule has 3 rings (SSSR count). The third-order valence-corrected chi connectivity index (χ3v) is 4.93. The Morgan fingerprint density at radius 1 is 0.960 bits per heavy atom. The molecule has 132 valence electrons. The summed E-state index contributed by atoms with van der Waals surface area (Å²) in [4.78, 5) is 2.23. The molecule has 1 heterocycles. The number of fused-ring (bicyclic) bond motifs is 1. The molecule has 0 spiro atoms. The van der Waals surface area contributed by atoms with Crippen LogP contribution in [0.1, 0.15) is 29.7 Å². The summed E-state index contributed by atoms with van der Waals surface area (Å²) in [7, 11) is 4.23. The molecule has 0 bridgehead atoms. The van der Waals surface area contributed by atoms with Gasteiger partial charge in [-0.3, -0.25) is 0 Å². The van der Waals surface area contributed by atoms with E-state index in [4.69, 9.17) is 0 Å². The topological polar surface area (TPSA) is 8.17 Å². The van der Waals surface area contributed by atoms with Gasteiger partial charge in [-0.2, -0.15) is 0 Å². The monoisotopic (exact) mass is 338 g/mol. The first kappa shape index (κ1) is 17.7. The number of hydrogen-bond acceptors (Lipinski definition) is 1. The van der Waals surface area contributed by atoms with Crippen LogP contribution < -0.4 is 0 Å². The molecule has 3 aromatic rings. The second-order valence-corrected chi connectivity index (χ2v) is 7.02. The molecule has 0 saturated heterocycles. The van der Waals surface area contributed by atoms with Gasteiger partial charge in [-0.25, -0.2) is 4.39 Å². The Hall–Kier alpha value is -2.13. The predicted octanol–water partition coefficient (Wildman–Crippen LogP) is 5.02. The number of halogens is 1. The Labute approximate surface area is 149 Å². The molecule has 0 amide bonds. The standard InChI is InChI=1S/C22H27FN2/c1-17-19(11-8-9-15-24(2)3)20-12-5-7-14-22(20)25(17)16-18-10-4-6-13-21(18)23/h4-7,10,12-14H,8-9,11,15-16H2,1-3H3. The van der Waals surface area contributed by atoms with Gasteiger partial charge >= 0.3 is 0 Å². The fraction of sp³-hybridized carbons (Fsp3) is 0.364. The van der Waals surface area contributed by atoms with Crippen LogP contribution in [0.2, 0.25) is 0 Å². The van der Waals surface area contributed by atoms with Crippen LogP contribution in [0.5, 0.6) is 0 Å². The number of benzene rings is 2. The molecule has 2 aromatic carbocycles. The van der Waals surface area contributed by atoms with Crippen molar-refractivity contribution < 1.29 is 4.39 Å². The fourth-order valence-corrected chi connectivity index (χ4v) is 3.55. The maximum atomic E-state index is 14.1. The largest absolute Gasteiger partial charge is 0.340 e. The van der Waals surface area contributed by atoms with E-state index in [1.54, 1.807) is 12.1 Å². The lowest BCUT2D eigenvalue weighted by atomic mass is 10.0. The maximum Gasteiger partial charge on any atom is 0.128 e. The number of para-hydroxylation sites is 1. The van der Waals surface area contributed by atoms with Crippen molar-refractivity contribution in [3.05, 3.63) is 71.2 Å². The van der Waals surface area contributed by atoms with Crippen LogP contribution in [0, 0.1) is 12.7 Å². The van der Waals surface area contributed by atoms with E-state index in [0.717, 1.165) is 18.5 Å². The quantitative estimate of drug-likeness (QED) is 0.549. The highest BCUT2D eigenvalue weighted by Gasteiger charge is 2.14. The fourth-order valence-electron chi connectivity index (χ4n) is 3.55. The Balaban J connectivity index is 1.91. The summed E-state index contributed by atoms with van der Waals surface area (Å²) in [5, 5.41) is 1.31. The second-order valence-electron chi connectivity index (χ2n) is 7.02. The number of unbranched alkanes of at least 4 members (excludes halogenated alkanes) is 1. The predicted molar refractivity (Wildman–Crippen MR) is 104 cm³/mol. The lowest BCUT2D eigenvalue weighted by Crippen LogP contribution is -2.13. The van der Waals surface area contributed by atoms with E-state index >= 15 is 0 Å². The van der Waals surface area contributed by atoms with Crippen LogP contribution in [-0.4, -0.2) is 30.1 Å². The number of hydrogen-bond donors (Lipinski definition) is 0. The van der Waals surface area contributed by atoms with E-state index in [-0.39, 0.29) is 5.82 Å². The molecule has 0 N–H and O–H groups in total. The molecule has 0 unspecified atom stereocenters. The van der Waals surface area contributed by atoms with Crippen LogP contribution in [0.25, 0.3) is 10.9 Å². The average molecular weight is 338 g/mol. The van der Waals surface area contributed by atoms with Gasteiger partial charge in [0.25, 0.3) is 0 Å². The molecule has 0 fully saturated rings. The zero-order valence-corrected chi connectivity index (χ0v) is 15.4. The van der Waals surface area contributed by atoms with Gasteiger partial charge in [0, 0.05) is 22.2 Å². The molecule has 3 heteroatoms. The van der Waals surface area contributed by atoms with E-state index in [0.29, 0.717) is 6.54 Å². The van der Waals surface area contributed by atoms with Crippen LogP contribution >= 0.6 is 0 Å². The first-order valence-electron chi connectivity index (χ1n) is 9.02. The van der Waals surface area contributed by atoms with Gasteiger partial charge in [0.2, 0.25) is 0 Å². The average Bonchev–Trinajstić information content (AvgIpc) is 2.86. The van der Waals surface area contributed by atoms with Gasteiger partial charge in [0.05, 0.1) is 6.54 Å². The SMILES string of the molecule is Cc1c(CCCCN(C)C)c2ccccc2n1Cc1ccccc1F. The minimum absolute atomic E-state index is 0.132. The Kier molecular flexibility index (Phi) is 5.54. The molecule has 0 aliphatic heterocycles. The first-order chi connectivity index (χ1) is 12.1. The van der Waals surface area contributed by atoms with Crippen LogP contribution in [0.15, 0.2) is 48.5 Å². The Bertz CT molecular complexity index is 848. The highest BCUT2D eigenvalue weighted by molar-refractivity contribution is 5.85. The van der Waals surface area contributed by atoms with Gasteiger partial charge in [0.1, 0.15) is 5.82 Å². The van der Waals surface area contributed by atoms with Crippen molar-refractivity contribution in [2.75, 3.05) is 20.6 Å². The number of rotatable bonds is 7. The summed E-state index contributed by atoms with van der Waals surface area (Å²) in [6, 6.07) is 15.6. The summed E-state index contributed by atoms with van der Waals surface area (Å²) < 4.78 is 16.4. The van der Waals surface area contributed by atoms with E-state index in [2.05, 4.69) is 54.8 Å². The molecule has 0 aliphatic carbocycles. The van der Waals surface area contributed by atoms with Crippen molar-refractivity contribution >= 4 is 10.9 Å².